The molecule has 4 rings (SSSR count). The Labute approximate surface area is 249 Å². The van der Waals surface area contributed by atoms with Crippen molar-refractivity contribution in [3.63, 3.8) is 0 Å². The van der Waals surface area contributed by atoms with Crippen molar-refractivity contribution in [3.05, 3.63) is 53.1 Å². The van der Waals surface area contributed by atoms with Crippen molar-refractivity contribution in [1.82, 2.24) is 0 Å². The van der Waals surface area contributed by atoms with Crippen LogP contribution in [0.3, 0.4) is 0 Å². The standard InChI is InChI=1S/C27H24O18/c28-11-1-8(2-12(29)18(11)34)24(38)42-7-17-22(44-25(39)9-3-13(30)19(35)14(31)4-9)23(21(37)27(41)43-17)45-26(40)10-5-15(32)20(36)16(33)6-10/h1-6,17,21-23,27-37,41H,7H2/t17?,21?,22-,23-,27-/m1/s1. The second-order valence-corrected chi connectivity index (χ2v) is 9.48. The highest BCUT2D eigenvalue weighted by molar-refractivity contribution is 5.93. The number of carbonyl (C=O) groups excluding carboxylic acids is 3. The molecule has 0 amide bonds. The van der Waals surface area contributed by atoms with Crippen LogP contribution < -0.4 is 0 Å². The van der Waals surface area contributed by atoms with Crippen molar-refractivity contribution in [2.24, 2.45) is 0 Å². The fourth-order valence-electron chi connectivity index (χ4n) is 4.11. The molecule has 18 nitrogen and oxygen atoms in total. The number of esters is 3. The van der Waals surface area contributed by atoms with Gasteiger partial charge in [0.1, 0.15) is 18.8 Å². The molecule has 3 aromatic carbocycles. The Morgan fingerprint density at radius 2 is 0.889 bits per heavy atom. The lowest BCUT2D eigenvalue weighted by Gasteiger charge is -2.41. The molecule has 5 atom stereocenters. The van der Waals surface area contributed by atoms with Crippen LogP contribution in [0.25, 0.3) is 0 Å². The summed E-state index contributed by atoms with van der Waals surface area (Å²) in [6.07, 6.45) is -10.2. The zero-order chi connectivity index (χ0) is 33.3. The topological polar surface area (TPSA) is 311 Å². The molecule has 0 aliphatic carbocycles. The number of aromatic hydroxyl groups is 9. The average Bonchev–Trinajstić information content (AvgIpc) is 2.98. The predicted octanol–water partition coefficient (Wildman–Crippen LogP) is -0.277. The Balaban J connectivity index is 1.66. The Morgan fingerprint density at radius 3 is 1.27 bits per heavy atom. The van der Waals surface area contributed by atoms with Gasteiger partial charge in [0.2, 0.25) is 0 Å². The van der Waals surface area contributed by atoms with Crippen LogP contribution in [0.5, 0.6) is 51.7 Å². The summed E-state index contributed by atoms with van der Waals surface area (Å²) in [5.41, 5.74) is -1.67. The van der Waals surface area contributed by atoms with E-state index in [0.717, 1.165) is 12.1 Å². The quantitative estimate of drug-likeness (QED) is 0.0902. The summed E-state index contributed by atoms with van der Waals surface area (Å²) in [5, 5.41) is 108. The number of phenols is 9. The molecule has 1 aliphatic heterocycles. The lowest BCUT2D eigenvalue weighted by molar-refractivity contribution is -0.285. The van der Waals surface area contributed by atoms with Gasteiger partial charge in [0.15, 0.2) is 70.2 Å². The van der Waals surface area contributed by atoms with Crippen molar-refractivity contribution in [2.75, 3.05) is 6.61 Å². The minimum absolute atomic E-state index is 0.488. The van der Waals surface area contributed by atoms with E-state index in [9.17, 15) is 70.6 Å². The van der Waals surface area contributed by atoms with Crippen LogP contribution in [0.15, 0.2) is 36.4 Å². The van der Waals surface area contributed by atoms with Crippen LogP contribution in [0.4, 0.5) is 0 Å². The summed E-state index contributed by atoms with van der Waals surface area (Å²) in [5.74, 6) is -12.5. The third-order valence-electron chi connectivity index (χ3n) is 6.41. The normalized spacial score (nSPS) is 21.1. The number of hydrogen-bond acceptors (Lipinski definition) is 18. The third-order valence-corrected chi connectivity index (χ3v) is 6.41. The van der Waals surface area contributed by atoms with Crippen LogP contribution in [0.2, 0.25) is 0 Å². The van der Waals surface area contributed by atoms with Crippen LogP contribution in [0.1, 0.15) is 31.1 Å². The van der Waals surface area contributed by atoms with E-state index in [0.29, 0.717) is 24.3 Å². The third kappa shape index (κ3) is 6.56. The van der Waals surface area contributed by atoms with Crippen LogP contribution in [-0.2, 0) is 18.9 Å². The molecule has 11 N–H and O–H groups in total. The van der Waals surface area contributed by atoms with Crippen molar-refractivity contribution in [1.29, 1.82) is 0 Å². The van der Waals surface area contributed by atoms with E-state index < -0.39 is 124 Å². The number of carbonyl (C=O) groups is 3. The molecule has 1 saturated heterocycles. The summed E-state index contributed by atoms with van der Waals surface area (Å²) < 4.78 is 20.8. The first-order chi connectivity index (χ1) is 21.1. The van der Waals surface area contributed by atoms with Crippen molar-refractivity contribution < 1.29 is 89.5 Å². The van der Waals surface area contributed by atoms with Crippen LogP contribution in [0, 0.1) is 0 Å². The van der Waals surface area contributed by atoms with Crippen molar-refractivity contribution in [2.45, 2.75) is 30.7 Å². The van der Waals surface area contributed by atoms with Gasteiger partial charge >= 0.3 is 17.9 Å². The maximum Gasteiger partial charge on any atom is 0.338 e. The number of aliphatic hydroxyl groups excluding tert-OH is 2. The second kappa shape index (κ2) is 12.4. The zero-order valence-corrected chi connectivity index (χ0v) is 22.3. The van der Waals surface area contributed by atoms with Gasteiger partial charge in [-0.3, -0.25) is 0 Å². The highest BCUT2D eigenvalue weighted by Gasteiger charge is 2.50. The SMILES string of the molecule is O=C(OCC1O[C@@H](O)C(O)[C@@H](OC(=O)c2cc(O)c(O)c(O)c2)[C@@H]1OC(=O)c1cc(O)c(O)c(O)c1)c1cc(O)c(O)c(O)c1. The van der Waals surface area contributed by atoms with Gasteiger partial charge in [-0.25, -0.2) is 14.4 Å². The van der Waals surface area contributed by atoms with E-state index in [1.165, 1.54) is 0 Å². The molecule has 0 aromatic heterocycles. The number of benzene rings is 3. The molecule has 0 bridgehead atoms. The molecular formula is C27H24O18. The molecule has 18 heteroatoms. The van der Waals surface area contributed by atoms with Gasteiger partial charge in [0.05, 0.1) is 16.7 Å². The first-order valence-corrected chi connectivity index (χ1v) is 12.4. The molecule has 240 valence electrons. The summed E-state index contributed by atoms with van der Waals surface area (Å²) in [6.45, 7) is -0.941. The lowest BCUT2D eigenvalue weighted by atomic mass is 9.98. The maximum atomic E-state index is 13.0. The van der Waals surface area contributed by atoms with Gasteiger partial charge in [-0.1, -0.05) is 0 Å². The lowest BCUT2D eigenvalue weighted by Crippen LogP contribution is -2.61. The van der Waals surface area contributed by atoms with Gasteiger partial charge < -0.3 is 75.1 Å². The largest absolute Gasteiger partial charge is 0.504 e. The van der Waals surface area contributed by atoms with E-state index >= 15 is 0 Å². The molecule has 3 aromatic rings. The Kier molecular flexibility index (Phi) is 8.84. The molecule has 1 fully saturated rings. The predicted molar refractivity (Wildman–Crippen MR) is 140 cm³/mol. The first kappa shape index (κ1) is 32.1. The molecule has 45 heavy (non-hydrogen) atoms. The average molecular weight is 636 g/mol. The minimum atomic E-state index is -2.19. The van der Waals surface area contributed by atoms with Crippen LogP contribution in [-0.4, -0.2) is 111 Å². The first-order valence-electron chi connectivity index (χ1n) is 12.4. The molecule has 0 radical (unpaired) electrons. The van der Waals surface area contributed by atoms with Gasteiger partial charge in [0.25, 0.3) is 0 Å². The van der Waals surface area contributed by atoms with Gasteiger partial charge in [-0.2, -0.15) is 0 Å². The summed E-state index contributed by atoms with van der Waals surface area (Å²) in [4.78, 5) is 38.5. The number of hydrogen-bond donors (Lipinski definition) is 11. The van der Waals surface area contributed by atoms with E-state index in [2.05, 4.69) is 0 Å². The smallest absolute Gasteiger partial charge is 0.338 e. The fourth-order valence-corrected chi connectivity index (χ4v) is 4.11. The Bertz CT molecular complexity index is 1580. The van der Waals surface area contributed by atoms with Gasteiger partial charge in [0, 0.05) is 0 Å². The Morgan fingerprint density at radius 1 is 0.556 bits per heavy atom. The second-order valence-electron chi connectivity index (χ2n) is 9.48. The number of phenolic OH excluding ortho intramolecular Hbond substituents is 9. The zero-order valence-electron chi connectivity index (χ0n) is 22.3. The molecule has 0 spiro atoms. The number of rotatable bonds is 7. The molecule has 1 heterocycles. The van der Waals surface area contributed by atoms with E-state index in [4.69, 9.17) is 18.9 Å². The minimum Gasteiger partial charge on any atom is -0.504 e. The molecular weight excluding hydrogens is 612 g/mol. The van der Waals surface area contributed by atoms with Gasteiger partial charge in [-0.05, 0) is 36.4 Å². The molecule has 2 unspecified atom stereocenters. The van der Waals surface area contributed by atoms with Crippen molar-refractivity contribution in [3.8, 4) is 51.7 Å². The highest BCUT2D eigenvalue weighted by Crippen LogP contribution is 2.38. The fraction of sp³-hybridized carbons (Fsp3) is 0.222. The summed E-state index contributed by atoms with van der Waals surface area (Å²) >= 11 is 0. The summed E-state index contributed by atoms with van der Waals surface area (Å²) in [6, 6.07) is 4.15. The molecule has 0 saturated carbocycles. The van der Waals surface area contributed by atoms with E-state index in [1.54, 1.807) is 0 Å². The van der Waals surface area contributed by atoms with E-state index in [1.807, 2.05) is 0 Å². The van der Waals surface area contributed by atoms with Crippen molar-refractivity contribution >= 4 is 17.9 Å². The van der Waals surface area contributed by atoms with Crippen LogP contribution >= 0.6 is 0 Å². The number of aliphatic hydroxyl groups is 2. The monoisotopic (exact) mass is 636 g/mol. The summed E-state index contributed by atoms with van der Waals surface area (Å²) in [7, 11) is 0. The van der Waals surface area contributed by atoms with E-state index in [-0.39, 0.29) is 0 Å². The molecule has 1 aliphatic rings. The van der Waals surface area contributed by atoms with Gasteiger partial charge in [-0.15, -0.1) is 0 Å². The highest BCUT2D eigenvalue weighted by atomic mass is 16.7. The number of ether oxygens (including phenoxy) is 4. The Hall–Kier alpha value is -5.85. The maximum absolute atomic E-state index is 13.0.